The largest absolute Gasteiger partial charge is 0.381 e. The summed E-state index contributed by atoms with van der Waals surface area (Å²) >= 11 is 0. The SMILES string of the molecule is CC1NC(=O)CN(CC2CCOC2)C1=O. The van der Waals surface area contributed by atoms with Gasteiger partial charge in [0.15, 0.2) is 0 Å². The molecule has 5 nitrogen and oxygen atoms in total. The summed E-state index contributed by atoms with van der Waals surface area (Å²) in [7, 11) is 0. The Balaban J connectivity index is 1.94. The zero-order valence-corrected chi connectivity index (χ0v) is 8.86. The number of ether oxygens (including phenoxy) is 1. The second kappa shape index (κ2) is 4.18. The summed E-state index contributed by atoms with van der Waals surface area (Å²) in [5.74, 6) is 0.342. The maximum absolute atomic E-state index is 11.7. The van der Waals surface area contributed by atoms with Crippen molar-refractivity contribution < 1.29 is 14.3 Å². The summed E-state index contributed by atoms with van der Waals surface area (Å²) in [6.45, 7) is 4.04. The van der Waals surface area contributed by atoms with Crippen molar-refractivity contribution >= 4 is 11.8 Å². The van der Waals surface area contributed by atoms with Gasteiger partial charge in [0, 0.05) is 19.1 Å². The van der Waals surface area contributed by atoms with Gasteiger partial charge in [-0.25, -0.2) is 0 Å². The number of carbonyl (C=O) groups is 2. The molecular weight excluding hydrogens is 196 g/mol. The average molecular weight is 212 g/mol. The highest BCUT2D eigenvalue weighted by Crippen LogP contribution is 2.15. The van der Waals surface area contributed by atoms with E-state index in [2.05, 4.69) is 5.32 Å². The van der Waals surface area contributed by atoms with Gasteiger partial charge in [-0.2, -0.15) is 0 Å². The molecule has 2 atom stereocenters. The molecule has 2 aliphatic heterocycles. The Kier molecular flexibility index (Phi) is 2.90. The molecular formula is C10H16N2O3. The van der Waals surface area contributed by atoms with Crippen LogP contribution in [0.1, 0.15) is 13.3 Å². The quantitative estimate of drug-likeness (QED) is 0.663. The molecule has 0 bridgehead atoms. The van der Waals surface area contributed by atoms with E-state index >= 15 is 0 Å². The van der Waals surface area contributed by atoms with Crippen molar-refractivity contribution in [3.63, 3.8) is 0 Å². The van der Waals surface area contributed by atoms with Gasteiger partial charge in [-0.15, -0.1) is 0 Å². The predicted molar refractivity (Wildman–Crippen MR) is 53.1 cm³/mol. The fraction of sp³-hybridized carbons (Fsp3) is 0.800. The molecule has 84 valence electrons. The van der Waals surface area contributed by atoms with Crippen LogP contribution in [-0.4, -0.2) is 49.1 Å². The lowest BCUT2D eigenvalue weighted by Crippen LogP contribution is -2.57. The van der Waals surface area contributed by atoms with Crippen molar-refractivity contribution in [1.29, 1.82) is 0 Å². The Bertz CT molecular complexity index is 274. The summed E-state index contributed by atoms with van der Waals surface area (Å²) in [4.78, 5) is 24.6. The van der Waals surface area contributed by atoms with Gasteiger partial charge in [0.1, 0.15) is 6.04 Å². The molecule has 2 heterocycles. The molecule has 2 amide bonds. The lowest BCUT2D eigenvalue weighted by Gasteiger charge is -2.32. The fourth-order valence-corrected chi connectivity index (χ4v) is 2.07. The number of rotatable bonds is 2. The number of hydrogen-bond donors (Lipinski definition) is 1. The lowest BCUT2D eigenvalue weighted by atomic mass is 10.1. The molecule has 0 radical (unpaired) electrons. The fourth-order valence-electron chi connectivity index (χ4n) is 2.07. The first-order chi connectivity index (χ1) is 7.16. The predicted octanol–water partition coefficient (Wildman–Crippen LogP) is -0.630. The number of amides is 2. The zero-order valence-electron chi connectivity index (χ0n) is 8.86. The number of piperazine rings is 1. The number of carbonyl (C=O) groups excluding carboxylic acids is 2. The normalized spacial score (nSPS) is 31.9. The third-order valence-corrected chi connectivity index (χ3v) is 2.90. The minimum Gasteiger partial charge on any atom is -0.381 e. The van der Waals surface area contributed by atoms with Gasteiger partial charge in [-0.1, -0.05) is 0 Å². The molecule has 0 aromatic rings. The maximum atomic E-state index is 11.7. The molecule has 2 unspecified atom stereocenters. The van der Waals surface area contributed by atoms with Crippen LogP contribution in [0.25, 0.3) is 0 Å². The summed E-state index contributed by atoms with van der Waals surface area (Å²) in [6.07, 6.45) is 0.986. The Labute approximate surface area is 88.8 Å². The molecule has 2 rings (SSSR count). The van der Waals surface area contributed by atoms with E-state index in [0.717, 1.165) is 13.0 Å². The van der Waals surface area contributed by atoms with Crippen molar-refractivity contribution in [3.8, 4) is 0 Å². The van der Waals surface area contributed by atoms with Crippen molar-refractivity contribution in [2.75, 3.05) is 26.3 Å². The Hall–Kier alpha value is -1.10. The first-order valence-corrected chi connectivity index (χ1v) is 5.32. The Morgan fingerprint density at radius 3 is 3.00 bits per heavy atom. The van der Waals surface area contributed by atoms with E-state index in [1.54, 1.807) is 11.8 Å². The van der Waals surface area contributed by atoms with Crippen molar-refractivity contribution in [1.82, 2.24) is 10.2 Å². The van der Waals surface area contributed by atoms with Gasteiger partial charge in [-0.3, -0.25) is 9.59 Å². The van der Waals surface area contributed by atoms with E-state index in [-0.39, 0.29) is 24.4 Å². The van der Waals surface area contributed by atoms with Crippen LogP contribution < -0.4 is 5.32 Å². The Morgan fingerprint density at radius 2 is 2.33 bits per heavy atom. The minimum absolute atomic E-state index is 0.0153. The minimum atomic E-state index is -0.381. The topological polar surface area (TPSA) is 58.6 Å². The molecule has 2 saturated heterocycles. The molecule has 5 heteroatoms. The van der Waals surface area contributed by atoms with Crippen molar-refractivity contribution in [2.45, 2.75) is 19.4 Å². The molecule has 0 aromatic carbocycles. The maximum Gasteiger partial charge on any atom is 0.245 e. The van der Waals surface area contributed by atoms with E-state index < -0.39 is 0 Å². The van der Waals surface area contributed by atoms with Crippen LogP contribution in [0.2, 0.25) is 0 Å². The standard InChI is InChI=1S/C10H16N2O3/c1-7-10(14)12(5-9(13)11-7)4-8-2-3-15-6-8/h7-8H,2-6H2,1H3,(H,11,13). The van der Waals surface area contributed by atoms with Gasteiger partial charge in [0.25, 0.3) is 0 Å². The van der Waals surface area contributed by atoms with Crippen LogP contribution in [0.4, 0.5) is 0 Å². The van der Waals surface area contributed by atoms with E-state index in [1.165, 1.54) is 0 Å². The highest BCUT2D eigenvalue weighted by molar-refractivity contribution is 5.94. The Morgan fingerprint density at radius 1 is 1.53 bits per heavy atom. The summed E-state index contributed by atoms with van der Waals surface area (Å²) < 4.78 is 5.25. The highest BCUT2D eigenvalue weighted by atomic mass is 16.5. The molecule has 0 spiro atoms. The molecule has 2 aliphatic rings. The van der Waals surface area contributed by atoms with Crippen LogP contribution in [0.3, 0.4) is 0 Å². The van der Waals surface area contributed by atoms with Gasteiger partial charge in [-0.05, 0) is 13.3 Å². The van der Waals surface area contributed by atoms with Crippen molar-refractivity contribution in [2.24, 2.45) is 5.92 Å². The number of nitrogens with zero attached hydrogens (tertiary/aromatic N) is 1. The highest BCUT2D eigenvalue weighted by Gasteiger charge is 2.31. The molecule has 0 aromatic heterocycles. The van der Waals surface area contributed by atoms with E-state index in [9.17, 15) is 9.59 Å². The van der Waals surface area contributed by atoms with E-state index in [0.29, 0.717) is 19.1 Å². The second-order valence-corrected chi connectivity index (χ2v) is 4.24. The number of nitrogens with one attached hydrogen (secondary N) is 1. The average Bonchev–Trinajstić information content (AvgIpc) is 2.66. The van der Waals surface area contributed by atoms with E-state index in [4.69, 9.17) is 4.74 Å². The zero-order chi connectivity index (χ0) is 10.8. The third-order valence-electron chi connectivity index (χ3n) is 2.90. The van der Waals surface area contributed by atoms with Gasteiger partial charge < -0.3 is 15.0 Å². The summed E-state index contributed by atoms with van der Waals surface area (Å²) in [6, 6.07) is -0.381. The first kappa shape index (κ1) is 10.4. The molecule has 2 fully saturated rings. The first-order valence-electron chi connectivity index (χ1n) is 5.32. The van der Waals surface area contributed by atoms with Gasteiger partial charge >= 0.3 is 0 Å². The van der Waals surface area contributed by atoms with Crippen LogP contribution in [0, 0.1) is 5.92 Å². The van der Waals surface area contributed by atoms with Gasteiger partial charge in [0.2, 0.25) is 11.8 Å². The van der Waals surface area contributed by atoms with Crippen LogP contribution in [0.5, 0.6) is 0 Å². The smallest absolute Gasteiger partial charge is 0.245 e. The second-order valence-electron chi connectivity index (χ2n) is 4.24. The van der Waals surface area contributed by atoms with Crippen LogP contribution >= 0.6 is 0 Å². The van der Waals surface area contributed by atoms with Crippen molar-refractivity contribution in [3.05, 3.63) is 0 Å². The molecule has 1 N–H and O–H groups in total. The lowest BCUT2D eigenvalue weighted by molar-refractivity contribution is -0.144. The molecule has 15 heavy (non-hydrogen) atoms. The number of hydrogen-bond acceptors (Lipinski definition) is 3. The molecule has 0 saturated carbocycles. The van der Waals surface area contributed by atoms with E-state index in [1.807, 2.05) is 0 Å². The van der Waals surface area contributed by atoms with Crippen LogP contribution in [0.15, 0.2) is 0 Å². The van der Waals surface area contributed by atoms with Crippen LogP contribution in [-0.2, 0) is 14.3 Å². The van der Waals surface area contributed by atoms with Gasteiger partial charge in [0.05, 0.1) is 13.2 Å². The summed E-state index contributed by atoms with van der Waals surface area (Å²) in [5, 5.41) is 2.62. The molecule has 0 aliphatic carbocycles. The third kappa shape index (κ3) is 2.28. The summed E-state index contributed by atoms with van der Waals surface area (Å²) in [5.41, 5.74) is 0. The monoisotopic (exact) mass is 212 g/mol.